The van der Waals surface area contributed by atoms with E-state index in [2.05, 4.69) is 51.8 Å². The molecule has 0 aromatic carbocycles. The van der Waals surface area contributed by atoms with Crippen molar-refractivity contribution in [2.75, 3.05) is 16.8 Å². The largest absolute Gasteiger partial charge is 0.456 e. The predicted molar refractivity (Wildman–Crippen MR) is 210 cm³/mol. The Morgan fingerprint density at radius 1 is 0.797 bits per heavy atom. The monoisotopic (exact) mass is 1000 g/mol. The van der Waals surface area contributed by atoms with Gasteiger partial charge in [-0.05, 0) is 12.8 Å². The van der Waals surface area contributed by atoms with Gasteiger partial charge in [0.1, 0.15) is 23.2 Å². The topological polar surface area (TPSA) is 303 Å². The van der Waals surface area contributed by atoms with Crippen molar-refractivity contribution in [3.05, 3.63) is 39.7 Å². The number of nitrogens with one attached hydrogen (secondary N) is 2. The first-order valence-electron chi connectivity index (χ1n) is 17.1. The zero-order valence-corrected chi connectivity index (χ0v) is 36.6. The fraction of sp³-hybridized carbons (Fsp3) is 0.500. The number of hydrogen-bond acceptors (Lipinski definition) is 18. The maximum Gasteiger partial charge on any atom is 0.330 e. The molecule has 8 atom stereocenters. The standard InChI is InChI=1S/C15H18ClN5O6.C15H19N5O6.C3H3Br.CH3.Pd/c1-4-7-9(25-5(2)22)10(26-6(3)23)13(27-7)21-12-8(18-15(21)24)11(16)19-14(17)20-12;1-4-9-10(24-6(2)21)11(25-7(3)22)13(26-9)20-12-8(18-15(20)23)5-17-14(16)19-12;1-2-3-4;;/h7,9-10,13H,4H2,1-3H3,(H,18,24)(H2,17,19,20);5,9-11,13H,4H2,1-3H3,(H,18,23)(H2,16,17,19);1H,3H2;1H3;/q;;;-1;/t7-,9+,10-,13-;9-,10+,11-,13-;;;/m11.../s1. The van der Waals surface area contributed by atoms with Crippen molar-refractivity contribution >= 4 is 85.6 Å². The molecule has 0 saturated carbocycles. The summed E-state index contributed by atoms with van der Waals surface area (Å²) in [5, 5.41) is 0.617. The second kappa shape index (κ2) is 21.9. The van der Waals surface area contributed by atoms with E-state index >= 15 is 0 Å². The Balaban J connectivity index is 0.000000362. The summed E-state index contributed by atoms with van der Waals surface area (Å²) in [4.78, 5) is 92.0. The fourth-order valence-corrected chi connectivity index (χ4v) is 6.39. The SMILES string of the molecule is C#CCBr.CC[C@H]1O[C@@H](n2c(=O)[nH]c3c(Cl)nc(N)nc32)[C@H](OC(C)=O)[C@H]1OC(C)=O.CC[C@H]1O[C@@H](n2c(=O)[nH]c3cnc(N)nc32)[C@H](OC(C)=O)[C@H]1OC(C)=O.[CH3-].[Pd]. The number of hydrogen-bond donors (Lipinski definition) is 4. The molecule has 22 nitrogen and oxygen atoms in total. The molecule has 6 N–H and O–H groups in total. The number of alkyl halides is 1. The zero-order chi connectivity index (χ0) is 42.3. The second-order valence-electron chi connectivity index (χ2n) is 12.2. The summed E-state index contributed by atoms with van der Waals surface area (Å²) >= 11 is 9.03. The summed E-state index contributed by atoms with van der Waals surface area (Å²) in [6, 6.07) is 0. The zero-order valence-electron chi connectivity index (χ0n) is 32.7. The molecule has 59 heavy (non-hydrogen) atoms. The molecule has 0 spiro atoms. The Morgan fingerprint density at radius 3 is 1.63 bits per heavy atom. The molecule has 6 heterocycles. The first kappa shape index (κ1) is 50.2. The summed E-state index contributed by atoms with van der Waals surface area (Å²) in [6.07, 6.45) is -0.131. The number of anilines is 2. The van der Waals surface area contributed by atoms with E-state index in [-0.39, 0.29) is 61.7 Å². The van der Waals surface area contributed by atoms with Crippen LogP contribution in [-0.2, 0) is 68.0 Å². The Hall–Kier alpha value is -4.91. The molecule has 25 heteroatoms. The van der Waals surface area contributed by atoms with Crippen molar-refractivity contribution in [1.82, 2.24) is 39.0 Å². The molecule has 2 fully saturated rings. The van der Waals surface area contributed by atoms with E-state index in [0.717, 1.165) is 4.57 Å². The van der Waals surface area contributed by atoms with E-state index in [9.17, 15) is 28.8 Å². The van der Waals surface area contributed by atoms with Gasteiger partial charge in [-0.2, -0.15) is 15.0 Å². The molecule has 0 unspecified atom stereocenters. The molecule has 0 amide bonds. The predicted octanol–water partition coefficient (Wildman–Crippen LogP) is 1.86. The van der Waals surface area contributed by atoms with Crippen LogP contribution in [0.15, 0.2) is 15.8 Å². The van der Waals surface area contributed by atoms with E-state index in [0.29, 0.717) is 23.7 Å². The number of nitrogens with two attached hydrogens (primary N) is 2. The number of esters is 4. The number of nitrogen functional groups attached to an aromatic ring is 2. The van der Waals surface area contributed by atoms with Crippen molar-refractivity contribution in [3.63, 3.8) is 0 Å². The van der Waals surface area contributed by atoms with Gasteiger partial charge in [0.15, 0.2) is 53.3 Å². The van der Waals surface area contributed by atoms with Gasteiger partial charge in [-0.3, -0.25) is 19.2 Å². The van der Waals surface area contributed by atoms with E-state index in [4.69, 9.17) is 57.9 Å². The number of H-pyrrole nitrogens is 2. The van der Waals surface area contributed by atoms with Crippen molar-refractivity contribution in [3.8, 4) is 12.3 Å². The van der Waals surface area contributed by atoms with Gasteiger partial charge in [0.05, 0.1) is 11.5 Å². The number of carbonyl (C=O) groups is 4. The summed E-state index contributed by atoms with van der Waals surface area (Å²) < 4.78 is 35.4. The van der Waals surface area contributed by atoms with Gasteiger partial charge in [0.25, 0.3) is 0 Å². The molecule has 326 valence electrons. The van der Waals surface area contributed by atoms with Crippen LogP contribution in [0.3, 0.4) is 0 Å². The molecule has 0 radical (unpaired) electrons. The molecule has 0 aliphatic carbocycles. The Morgan fingerprint density at radius 2 is 1.20 bits per heavy atom. The fourth-order valence-electron chi connectivity index (χ4n) is 6.18. The maximum absolute atomic E-state index is 12.6. The number of ether oxygens (including phenoxy) is 6. The van der Waals surface area contributed by atoms with E-state index in [1.165, 1.54) is 38.5 Å². The van der Waals surface area contributed by atoms with E-state index in [1.807, 2.05) is 13.8 Å². The van der Waals surface area contributed by atoms with Crippen molar-refractivity contribution in [2.45, 2.75) is 103 Å². The van der Waals surface area contributed by atoms with Gasteiger partial charge in [-0.1, -0.05) is 47.3 Å². The first-order valence-corrected chi connectivity index (χ1v) is 18.6. The molecule has 2 aliphatic heterocycles. The van der Waals surface area contributed by atoms with Crippen LogP contribution in [0, 0.1) is 19.8 Å². The molecular formula is C34H43BrClN10O12Pd-. The number of imidazole rings is 2. The third-order valence-corrected chi connectivity index (χ3v) is 8.79. The van der Waals surface area contributed by atoms with E-state index < -0.39 is 84.3 Å². The smallest absolute Gasteiger partial charge is 0.330 e. The maximum atomic E-state index is 12.6. The van der Waals surface area contributed by atoms with Gasteiger partial charge >= 0.3 is 35.3 Å². The normalized spacial score (nSPS) is 22.9. The van der Waals surface area contributed by atoms with Gasteiger partial charge in [-0.25, -0.2) is 23.7 Å². The summed E-state index contributed by atoms with van der Waals surface area (Å²) in [5.41, 5.74) is 10.9. The number of halogens is 2. The third-order valence-electron chi connectivity index (χ3n) is 8.19. The number of fused-ring (bicyclic) bond motifs is 2. The molecule has 2 saturated heterocycles. The van der Waals surface area contributed by atoms with Crippen LogP contribution < -0.4 is 22.8 Å². The second-order valence-corrected chi connectivity index (χ2v) is 13.1. The Bertz CT molecular complexity index is 2290. The number of terminal acetylenes is 1. The summed E-state index contributed by atoms with van der Waals surface area (Å²) in [6.45, 7) is 8.54. The molecule has 0 bridgehead atoms. The molecule has 4 aromatic heterocycles. The average molecular weight is 1010 g/mol. The van der Waals surface area contributed by atoms with Crippen LogP contribution in [0.4, 0.5) is 11.9 Å². The first-order chi connectivity index (χ1) is 26.9. The van der Waals surface area contributed by atoms with E-state index in [1.54, 1.807) is 0 Å². The number of rotatable bonds is 8. The molecule has 6 rings (SSSR count). The average Bonchev–Trinajstić information content (AvgIpc) is 3.84. The van der Waals surface area contributed by atoms with Crippen LogP contribution in [-0.4, -0.2) is 105 Å². The van der Waals surface area contributed by atoms with Crippen LogP contribution in [0.2, 0.25) is 5.15 Å². The molecule has 4 aromatic rings. The van der Waals surface area contributed by atoms with Crippen LogP contribution in [0.25, 0.3) is 22.3 Å². The third kappa shape index (κ3) is 11.6. The van der Waals surface area contributed by atoms with Gasteiger partial charge in [-0.15, -0.1) is 6.42 Å². The van der Waals surface area contributed by atoms with Gasteiger partial charge in [0.2, 0.25) is 11.9 Å². The van der Waals surface area contributed by atoms with Gasteiger partial charge in [0, 0.05) is 48.1 Å². The number of carbonyl (C=O) groups excluding carboxylic acids is 4. The van der Waals surface area contributed by atoms with Crippen LogP contribution in [0.5, 0.6) is 0 Å². The Labute approximate surface area is 363 Å². The van der Waals surface area contributed by atoms with Crippen molar-refractivity contribution < 1.29 is 68.0 Å². The van der Waals surface area contributed by atoms with Crippen LogP contribution >= 0.6 is 27.5 Å². The summed E-state index contributed by atoms with van der Waals surface area (Å²) in [7, 11) is 0. The molecular weight excluding hydrogens is 962 g/mol. The number of aromatic nitrogens is 8. The quantitative estimate of drug-likeness (QED) is 0.0372. The minimum absolute atomic E-state index is 0. The number of nitrogens with zero attached hydrogens (tertiary/aromatic N) is 6. The number of aromatic amines is 2. The van der Waals surface area contributed by atoms with Crippen LogP contribution in [0.1, 0.15) is 66.8 Å². The summed E-state index contributed by atoms with van der Waals surface area (Å²) in [5.74, 6) is -0.169. The Kier molecular flexibility index (Phi) is 18.7. The minimum Gasteiger partial charge on any atom is -0.456 e. The van der Waals surface area contributed by atoms with Gasteiger partial charge < -0.3 is 57.3 Å². The molecule has 2 aliphatic rings. The van der Waals surface area contributed by atoms with Crippen molar-refractivity contribution in [1.29, 1.82) is 0 Å². The van der Waals surface area contributed by atoms with Crippen molar-refractivity contribution in [2.24, 2.45) is 0 Å². The minimum atomic E-state index is -1.10.